The molecule has 0 radical (unpaired) electrons. The van der Waals surface area contributed by atoms with Gasteiger partial charge in [-0.25, -0.2) is 4.39 Å². The van der Waals surface area contributed by atoms with E-state index in [4.69, 9.17) is 0 Å². The van der Waals surface area contributed by atoms with Crippen molar-refractivity contribution in [3.63, 3.8) is 0 Å². The van der Waals surface area contributed by atoms with Crippen LogP contribution in [0, 0.1) is 19.7 Å². The van der Waals surface area contributed by atoms with Crippen LogP contribution in [0.15, 0.2) is 64.4 Å². The van der Waals surface area contributed by atoms with E-state index < -0.39 is 0 Å². The quantitative estimate of drug-likeness (QED) is 0.648. The number of nitrogens with zero attached hydrogens (tertiary/aromatic N) is 2. The van der Waals surface area contributed by atoms with Gasteiger partial charge >= 0.3 is 0 Å². The summed E-state index contributed by atoms with van der Waals surface area (Å²) >= 11 is 1.23. The summed E-state index contributed by atoms with van der Waals surface area (Å²) < 4.78 is 14.5. The number of aryl methyl sites for hydroxylation is 2. The third-order valence-electron chi connectivity index (χ3n) is 4.24. The van der Waals surface area contributed by atoms with E-state index in [0.717, 1.165) is 11.1 Å². The maximum Gasteiger partial charge on any atom is 0.271 e. The lowest BCUT2D eigenvalue weighted by Gasteiger charge is -2.09. The number of rotatable bonds is 6. The molecule has 0 aliphatic rings. The van der Waals surface area contributed by atoms with Crippen molar-refractivity contribution in [2.24, 2.45) is 0 Å². The molecule has 0 saturated heterocycles. The molecule has 0 aliphatic heterocycles. The molecular formula is C21H20FN3O2S. The zero-order valence-electron chi connectivity index (χ0n) is 15.6. The molecule has 2 aromatic carbocycles. The van der Waals surface area contributed by atoms with Gasteiger partial charge in [0.15, 0.2) is 0 Å². The number of carbonyl (C=O) groups is 1. The fourth-order valence-corrected chi connectivity index (χ4v) is 3.24. The fourth-order valence-electron chi connectivity index (χ4n) is 2.55. The second kappa shape index (κ2) is 8.84. The Kier molecular flexibility index (Phi) is 6.26. The van der Waals surface area contributed by atoms with Crippen molar-refractivity contribution in [2.75, 3.05) is 5.75 Å². The highest BCUT2D eigenvalue weighted by molar-refractivity contribution is 7.99. The van der Waals surface area contributed by atoms with Crippen molar-refractivity contribution in [1.29, 1.82) is 0 Å². The average Bonchev–Trinajstić information content (AvgIpc) is 2.68. The summed E-state index contributed by atoms with van der Waals surface area (Å²) in [6, 6.07) is 14.8. The number of hydrogen-bond donors (Lipinski definition) is 1. The minimum atomic E-state index is -0.334. The van der Waals surface area contributed by atoms with Crippen molar-refractivity contribution >= 4 is 17.7 Å². The smallest absolute Gasteiger partial charge is 0.271 e. The standard InChI is InChI=1S/C21H20FN3O2S/c1-14-6-7-18(10-15(14)2)25-21(27)9-8-20(24-25)28-13-19(26)23-12-16-4-3-5-17(22)11-16/h3-11H,12-13H2,1-2H3,(H,23,26). The van der Waals surface area contributed by atoms with Crippen LogP contribution in [0.1, 0.15) is 16.7 Å². The topological polar surface area (TPSA) is 64.0 Å². The van der Waals surface area contributed by atoms with Crippen LogP contribution in [0.5, 0.6) is 0 Å². The summed E-state index contributed by atoms with van der Waals surface area (Å²) in [6.45, 7) is 4.24. The van der Waals surface area contributed by atoms with Gasteiger partial charge in [-0.3, -0.25) is 9.59 Å². The van der Waals surface area contributed by atoms with Gasteiger partial charge in [-0.1, -0.05) is 30.0 Å². The number of aromatic nitrogens is 2. The molecule has 1 heterocycles. The Morgan fingerprint density at radius 1 is 1.11 bits per heavy atom. The number of carbonyl (C=O) groups excluding carboxylic acids is 1. The van der Waals surface area contributed by atoms with Crippen molar-refractivity contribution in [1.82, 2.24) is 15.1 Å². The monoisotopic (exact) mass is 397 g/mol. The third-order valence-corrected chi connectivity index (χ3v) is 5.16. The highest BCUT2D eigenvalue weighted by atomic mass is 32.2. The molecule has 0 aliphatic carbocycles. The molecule has 7 heteroatoms. The SMILES string of the molecule is Cc1ccc(-n2nc(SCC(=O)NCc3cccc(F)c3)ccc2=O)cc1C. The van der Waals surface area contributed by atoms with Gasteiger partial charge in [0.05, 0.1) is 11.4 Å². The van der Waals surface area contributed by atoms with Crippen LogP contribution in [-0.2, 0) is 11.3 Å². The van der Waals surface area contributed by atoms with Crippen molar-refractivity contribution in [3.05, 3.63) is 87.5 Å². The first-order valence-corrected chi connectivity index (χ1v) is 9.73. The Balaban J connectivity index is 1.63. The van der Waals surface area contributed by atoms with Gasteiger partial charge in [-0.15, -0.1) is 0 Å². The number of nitrogens with one attached hydrogen (secondary N) is 1. The summed E-state index contributed by atoms with van der Waals surface area (Å²) in [5.74, 6) is -0.383. The Morgan fingerprint density at radius 2 is 1.93 bits per heavy atom. The van der Waals surface area contributed by atoms with Gasteiger partial charge < -0.3 is 5.32 Å². The lowest BCUT2D eigenvalue weighted by atomic mass is 10.1. The number of thioether (sulfide) groups is 1. The van der Waals surface area contributed by atoms with Crippen LogP contribution in [-0.4, -0.2) is 21.4 Å². The average molecular weight is 397 g/mol. The van der Waals surface area contributed by atoms with Gasteiger partial charge in [-0.05, 0) is 60.9 Å². The van der Waals surface area contributed by atoms with Crippen LogP contribution >= 0.6 is 11.8 Å². The summed E-state index contributed by atoms with van der Waals surface area (Å²) in [4.78, 5) is 24.2. The molecule has 0 bridgehead atoms. The Morgan fingerprint density at radius 3 is 2.68 bits per heavy atom. The molecule has 1 N–H and O–H groups in total. The van der Waals surface area contributed by atoms with Gasteiger partial charge in [0.1, 0.15) is 10.8 Å². The first-order chi connectivity index (χ1) is 13.4. The van der Waals surface area contributed by atoms with E-state index in [9.17, 15) is 14.0 Å². The number of benzene rings is 2. The zero-order chi connectivity index (χ0) is 20.1. The Bertz CT molecular complexity index is 1070. The Labute approximate surface area is 166 Å². The van der Waals surface area contributed by atoms with E-state index in [-0.39, 0.29) is 29.6 Å². The zero-order valence-corrected chi connectivity index (χ0v) is 16.4. The molecule has 1 aromatic heterocycles. The van der Waals surface area contributed by atoms with E-state index in [2.05, 4.69) is 10.4 Å². The predicted octanol–water partition coefficient (Wildman–Crippen LogP) is 3.40. The van der Waals surface area contributed by atoms with Crippen molar-refractivity contribution < 1.29 is 9.18 Å². The number of hydrogen-bond acceptors (Lipinski definition) is 4. The van der Waals surface area contributed by atoms with E-state index in [1.807, 2.05) is 32.0 Å². The normalized spacial score (nSPS) is 10.7. The molecular weight excluding hydrogens is 377 g/mol. The van der Waals surface area contributed by atoms with Crippen molar-refractivity contribution in [3.8, 4) is 5.69 Å². The summed E-state index contributed by atoms with van der Waals surface area (Å²) in [6.07, 6.45) is 0. The third kappa shape index (κ3) is 5.07. The van der Waals surface area contributed by atoms with Gasteiger partial charge in [0.25, 0.3) is 5.56 Å². The van der Waals surface area contributed by atoms with Gasteiger partial charge in [0, 0.05) is 12.6 Å². The van der Waals surface area contributed by atoms with E-state index in [1.165, 1.54) is 34.6 Å². The van der Waals surface area contributed by atoms with E-state index >= 15 is 0 Å². The Hall–Kier alpha value is -2.93. The van der Waals surface area contributed by atoms with E-state index in [1.54, 1.807) is 18.2 Å². The van der Waals surface area contributed by atoms with Gasteiger partial charge in [0.2, 0.25) is 5.91 Å². The predicted molar refractivity (Wildman–Crippen MR) is 108 cm³/mol. The first-order valence-electron chi connectivity index (χ1n) is 8.74. The van der Waals surface area contributed by atoms with Crippen LogP contribution in [0.2, 0.25) is 0 Å². The number of amides is 1. The van der Waals surface area contributed by atoms with E-state index in [0.29, 0.717) is 16.3 Å². The lowest BCUT2D eigenvalue weighted by Crippen LogP contribution is -2.25. The molecule has 0 spiro atoms. The highest BCUT2D eigenvalue weighted by Crippen LogP contribution is 2.16. The molecule has 1 amide bonds. The minimum absolute atomic E-state index is 0.146. The summed E-state index contributed by atoms with van der Waals surface area (Å²) in [7, 11) is 0. The maximum absolute atomic E-state index is 13.2. The largest absolute Gasteiger partial charge is 0.351 e. The second-order valence-electron chi connectivity index (χ2n) is 6.39. The van der Waals surface area contributed by atoms with Crippen LogP contribution in [0.4, 0.5) is 4.39 Å². The number of halogens is 1. The fraction of sp³-hybridized carbons (Fsp3) is 0.190. The van der Waals surface area contributed by atoms with Crippen LogP contribution < -0.4 is 10.9 Å². The van der Waals surface area contributed by atoms with Crippen LogP contribution in [0.25, 0.3) is 5.69 Å². The molecule has 0 saturated carbocycles. The summed E-state index contributed by atoms with van der Waals surface area (Å²) in [5.41, 5.74) is 3.35. The molecule has 144 valence electrons. The summed E-state index contributed by atoms with van der Waals surface area (Å²) in [5, 5.41) is 7.67. The lowest BCUT2D eigenvalue weighted by molar-refractivity contribution is -0.118. The maximum atomic E-state index is 13.2. The van der Waals surface area contributed by atoms with Gasteiger partial charge in [-0.2, -0.15) is 9.78 Å². The molecule has 28 heavy (non-hydrogen) atoms. The molecule has 3 aromatic rings. The highest BCUT2D eigenvalue weighted by Gasteiger charge is 2.08. The molecule has 0 fully saturated rings. The first kappa shape index (κ1) is 19.8. The molecule has 0 atom stereocenters. The molecule has 3 rings (SSSR count). The molecule has 5 nitrogen and oxygen atoms in total. The minimum Gasteiger partial charge on any atom is -0.351 e. The van der Waals surface area contributed by atoms with Crippen LogP contribution in [0.3, 0.4) is 0 Å². The van der Waals surface area contributed by atoms with Crippen molar-refractivity contribution in [2.45, 2.75) is 25.4 Å². The molecule has 0 unspecified atom stereocenters. The second-order valence-corrected chi connectivity index (χ2v) is 7.38.